The predicted octanol–water partition coefficient (Wildman–Crippen LogP) is 29.1. The van der Waals surface area contributed by atoms with Crippen molar-refractivity contribution < 1.29 is 42.1 Å². The quantitative estimate of drug-likeness (QED) is 0.0211. The molecule has 10 heteroatoms. The molecule has 588 valence electrons. The van der Waals surface area contributed by atoms with Crippen LogP contribution >= 0.6 is 7.82 Å². The number of unbranched alkanes of at least 4 members (excludes halogenated alkanes) is 43. The SMILES string of the molecule is CC/C=C\C/C=C\C/C=C\C/C=C\C/C=C\C/C=C\C/C=C\C/C=C\C/C=C\C/C=C\CCCCCCCCC(=O)OC(COC(=O)CCCCCCCCCCCCCCCCCCCCCCCCCCCCCCC/C=C\CCCCCCCCCC)COP(=O)(O)OCC[N+](C)(C)C. The summed E-state index contributed by atoms with van der Waals surface area (Å²) in [7, 11) is 1.46. The molecule has 2 atom stereocenters. The lowest BCUT2D eigenvalue weighted by molar-refractivity contribution is -0.870. The Labute approximate surface area is 631 Å². The minimum Gasteiger partial charge on any atom is -0.462 e. The van der Waals surface area contributed by atoms with Crippen LogP contribution in [0.3, 0.4) is 0 Å². The van der Waals surface area contributed by atoms with Crippen molar-refractivity contribution in [2.45, 2.75) is 392 Å². The first-order valence-corrected chi connectivity index (χ1v) is 44.4. The summed E-state index contributed by atoms with van der Waals surface area (Å²) in [6.45, 7) is 4.34. The van der Waals surface area contributed by atoms with E-state index in [1.807, 2.05) is 21.1 Å². The van der Waals surface area contributed by atoms with E-state index in [-0.39, 0.29) is 32.0 Å². The van der Waals surface area contributed by atoms with Crippen molar-refractivity contribution in [3.63, 3.8) is 0 Å². The molecule has 0 aromatic carbocycles. The topological polar surface area (TPSA) is 108 Å². The normalized spacial score (nSPS) is 13.7. The van der Waals surface area contributed by atoms with Crippen molar-refractivity contribution in [1.29, 1.82) is 0 Å². The highest BCUT2D eigenvalue weighted by molar-refractivity contribution is 7.47. The summed E-state index contributed by atoms with van der Waals surface area (Å²) in [4.78, 5) is 36.0. The number of ether oxygens (including phenoxy) is 2. The van der Waals surface area contributed by atoms with Gasteiger partial charge in [0.25, 0.3) is 0 Å². The molecule has 0 rings (SSSR count). The number of hydrogen-bond donors (Lipinski definition) is 1. The molecule has 0 fully saturated rings. The number of rotatable bonds is 79. The van der Waals surface area contributed by atoms with E-state index in [0.29, 0.717) is 17.4 Å². The molecule has 0 aromatic heterocycles. The van der Waals surface area contributed by atoms with E-state index in [0.717, 1.165) is 122 Å². The molecule has 1 N–H and O–H groups in total. The van der Waals surface area contributed by atoms with Gasteiger partial charge in [-0.25, -0.2) is 4.57 Å². The molecule has 0 spiro atoms. The van der Waals surface area contributed by atoms with Crippen LogP contribution < -0.4 is 0 Å². The fourth-order valence-corrected chi connectivity index (χ4v) is 12.9. The lowest BCUT2D eigenvalue weighted by atomic mass is 10.0. The average Bonchev–Trinajstić information content (AvgIpc) is 0.913. The third kappa shape index (κ3) is 85.1. The van der Waals surface area contributed by atoms with Crippen LogP contribution in [0.5, 0.6) is 0 Å². The molecule has 0 saturated carbocycles. The van der Waals surface area contributed by atoms with E-state index in [9.17, 15) is 19.0 Å². The van der Waals surface area contributed by atoms with Crippen molar-refractivity contribution in [1.82, 2.24) is 0 Å². The number of carbonyl (C=O) groups is 2. The molecule has 2 unspecified atom stereocenters. The first-order valence-electron chi connectivity index (χ1n) is 42.9. The van der Waals surface area contributed by atoms with E-state index in [2.05, 4.69) is 148 Å². The first-order chi connectivity index (χ1) is 50.0. The highest BCUT2D eigenvalue weighted by Gasteiger charge is 2.27. The maximum Gasteiger partial charge on any atom is 0.472 e. The second kappa shape index (κ2) is 81.2. The molecule has 0 aromatic rings. The van der Waals surface area contributed by atoms with E-state index in [1.165, 1.54) is 231 Å². The Bertz CT molecular complexity index is 2190. The van der Waals surface area contributed by atoms with Gasteiger partial charge in [-0.05, 0) is 116 Å². The van der Waals surface area contributed by atoms with Gasteiger partial charge in [0.2, 0.25) is 0 Å². The second-order valence-electron chi connectivity index (χ2n) is 29.8. The Balaban J connectivity index is 3.97. The molecule has 0 saturated heterocycles. The Morgan fingerprint density at radius 1 is 0.314 bits per heavy atom. The fourth-order valence-electron chi connectivity index (χ4n) is 12.2. The predicted molar refractivity (Wildman–Crippen MR) is 445 cm³/mol. The van der Waals surface area contributed by atoms with Crippen LogP contribution in [0.1, 0.15) is 386 Å². The van der Waals surface area contributed by atoms with Crippen molar-refractivity contribution in [2.24, 2.45) is 0 Å². The van der Waals surface area contributed by atoms with E-state index >= 15 is 0 Å². The lowest BCUT2D eigenvalue weighted by Crippen LogP contribution is -2.37. The Hall–Kier alpha value is -3.85. The summed E-state index contributed by atoms with van der Waals surface area (Å²) >= 11 is 0. The zero-order valence-electron chi connectivity index (χ0n) is 67.3. The summed E-state index contributed by atoms with van der Waals surface area (Å²) in [6, 6.07) is 0. The second-order valence-corrected chi connectivity index (χ2v) is 31.3. The smallest absolute Gasteiger partial charge is 0.462 e. The number of hydrogen-bond acceptors (Lipinski definition) is 7. The van der Waals surface area contributed by atoms with Crippen molar-refractivity contribution in [3.05, 3.63) is 134 Å². The highest BCUT2D eigenvalue weighted by Crippen LogP contribution is 2.43. The van der Waals surface area contributed by atoms with Crippen LogP contribution in [0.15, 0.2) is 134 Å². The van der Waals surface area contributed by atoms with Crippen LogP contribution in [0.2, 0.25) is 0 Å². The summed E-state index contributed by atoms with van der Waals surface area (Å²) < 4.78 is 34.8. The molecular formula is C92H163NO8P+. The third-order valence-corrected chi connectivity index (χ3v) is 19.6. The molecule has 0 aliphatic carbocycles. The number of allylic oxidation sites excluding steroid dienone is 22. The molecule has 0 radical (unpaired) electrons. The summed E-state index contributed by atoms with van der Waals surface area (Å²) in [6.07, 6.45) is 119. The minimum atomic E-state index is -4.41. The number of phosphoric ester groups is 1. The number of carbonyl (C=O) groups excluding carboxylic acids is 2. The first kappa shape index (κ1) is 98.2. The maximum atomic E-state index is 12.9. The summed E-state index contributed by atoms with van der Waals surface area (Å²) in [5, 5.41) is 0. The Kier molecular flexibility index (Phi) is 78.2. The van der Waals surface area contributed by atoms with E-state index < -0.39 is 26.5 Å². The van der Waals surface area contributed by atoms with Gasteiger partial charge in [0, 0.05) is 12.8 Å². The van der Waals surface area contributed by atoms with Gasteiger partial charge in [0.15, 0.2) is 6.10 Å². The Morgan fingerprint density at radius 2 is 0.559 bits per heavy atom. The van der Waals surface area contributed by atoms with Crippen molar-refractivity contribution in [3.8, 4) is 0 Å². The molecule has 0 aliphatic heterocycles. The van der Waals surface area contributed by atoms with Crippen molar-refractivity contribution >= 4 is 19.8 Å². The number of esters is 2. The highest BCUT2D eigenvalue weighted by atomic mass is 31.2. The zero-order chi connectivity index (χ0) is 74.0. The number of quaternary nitrogens is 1. The summed E-state index contributed by atoms with van der Waals surface area (Å²) in [5.41, 5.74) is 0. The van der Waals surface area contributed by atoms with Crippen LogP contribution in [-0.4, -0.2) is 74.9 Å². The van der Waals surface area contributed by atoms with Gasteiger partial charge >= 0.3 is 19.8 Å². The van der Waals surface area contributed by atoms with Crippen LogP contribution in [0.4, 0.5) is 0 Å². The maximum absolute atomic E-state index is 12.9. The zero-order valence-corrected chi connectivity index (χ0v) is 68.2. The lowest BCUT2D eigenvalue weighted by Gasteiger charge is -2.24. The van der Waals surface area contributed by atoms with E-state index in [1.54, 1.807) is 0 Å². The minimum absolute atomic E-state index is 0.0239. The monoisotopic (exact) mass is 1440 g/mol. The molecule has 0 bridgehead atoms. The average molecular weight is 1440 g/mol. The largest absolute Gasteiger partial charge is 0.472 e. The van der Waals surface area contributed by atoms with Crippen LogP contribution in [0, 0.1) is 0 Å². The Morgan fingerprint density at radius 3 is 0.843 bits per heavy atom. The standard InChI is InChI=1S/C92H162NO8P/c1-6-8-10-12-14-16-18-20-22-24-26-28-30-32-34-36-38-40-42-44-45-46-47-49-50-52-54-56-58-60-62-64-66-68-70-72-74-76-78-80-82-84-91(94)98-88-90(89-100-102(96,97)99-87-86-93(3,4)5)101-92(95)85-83-81-79-77-75-73-71-69-67-65-63-61-59-57-55-53-51-48-43-41-39-37-35-33-31-29-27-25-23-21-19-17-15-13-11-9-7-2/h9,11,15,17,21,23-24,26-27,29,33,35,39,41,48,51,55,57,61,63,67,69,90H,6-8,10,12-14,16,18-20,22,25,28,30-32,34,36-38,40,42-47,49-50,52-54,56,58-60,62,64-66,68,70-89H2,1-5H3/p+1/b11-9-,17-15-,23-21-,26-24-,29-27-,35-33-,41-39-,51-48-,57-55-,63-61-,69-67-. The van der Waals surface area contributed by atoms with Crippen LogP contribution in [0.25, 0.3) is 0 Å². The molecule has 0 amide bonds. The summed E-state index contributed by atoms with van der Waals surface area (Å²) in [5.74, 6) is -0.807. The molecular weight excluding hydrogens is 1280 g/mol. The van der Waals surface area contributed by atoms with E-state index in [4.69, 9.17) is 18.5 Å². The number of nitrogens with zero attached hydrogens (tertiary/aromatic N) is 1. The molecule has 0 aliphatic rings. The fraction of sp³-hybridized carbons (Fsp3) is 0.739. The number of likely N-dealkylation sites (N-methyl/N-ethyl adjacent to an activating group) is 1. The van der Waals surface area contributed by atoms with Crippen LogP contribution in [-0.2, 0) is 32.7 Å². The van der Waals surface area contributed by atoms with Gasteiger partial charge in [-0.2, -0.15) is 0 Å². The molecule has 9 nitrogen and oxygen atoms in total. The van der Waals surface area contributed by atoms with Gasteiger partial charge < -0.3 is 18.9 Å². The van der Waals surface area contributed by atoms with Gasteiger partial charge in [-0.1, -0.05) is 392 Å². The molecule has 0 heterocycles. The van der Waals surface area contributed by atoms with Gasteiger partial charge in [-0.15, -0.1) is 0 Å². The van der Waals surface area contributed by atoms with Gasteiger partial charge in [0.05, 0.1) is 27.7 Å². The van der Waals surface area contributed by atoms with Crippen molar-refractivity contribution in [2.75, 3.05) is 47.5 Å². The van der Waals surface area contributed by atoms with Gasteiger partial charge in [0.1, 0.15) is 19.8 Å². The van der Waals surface area contributed by atoms with Gasteiger partial charge in [-0.3, -0.25) is 18.6 Å². The number of phosphoric acid groups is 1. The third-order valence-electron chi connectivity index (χ3n) is 18.7. The molecule has 102 heavy (non-hydrogen) atoms.